The first-order chi connectivity index (χ1) is 11.8. The van der Waals surface area contributed by atoms with Crippen LogP contribution in [0, 0.1) is 12.7 Å². The Kier molecular flexibility index (Phi) is 4.24. The van der Waals surface area contributed by atoms with E-state index < -0.39 is 17.5 Å². The van der Waals surface area contributed by atoms with E-state index in [9.17, 15) is 14.0 Å². The number of rotatable bonds is 3. The number of ketones is 1. The van der Waals surface area contributed by atoms with E-state index in [1.165, 1.54) is 12.0 Å². The average molecular weight is 343 g/mol. The topological polar surface area (TPSA) is 72.4 Å². The van der Waals surface area contributed by atoms with Gasteiger partial charge in [0.15, 0.2) is 17.4 Å². The zero-order valence-corrected chi connectivity index (χ0v) is 14.5. The van der Waals surface area contributed by atoms with Gasteiger partial charge >= 0.3 is 0 Å². The third-order valence-corrected chi connectivity index (χ3v) is 4.12. The molecule has 0 unspecified atom stereocenters. The van der Waals surface area contributed by atoms with Crippen molar-refractivity contribution in [2.24, 2.45) is 0 Å². The minimum absolute atomic E-state index is 0.0473. The molecule has 0 aromatic carbocycles. The molecular weight excluding hydrogens is 325 g/mol. The predicted molar refractivity (Wildman–Crippen MR) is 89.9 cm³/mol. The van der Waals surface area contributed by atoms with E-state index >= 15 is 0 Å². The van der Waals surface area contributed by atoms with Crippen molar-refractivity contribution in [2.75, 3.05) is 12.0 Å². The van der Waals surface area contributed by atoms with Crippen molar-refractivity contribution in [3.8, 4) is 5.88 Å². The molecule has 0 radical (unpaired) electrons. The number of halogens is 1. The maximum absolute atomic E-state index is 14.0. The first-order valence-corrected chi connectivity index (χ1v) is 7.91. The Balaban J connectivity index is 2.31. The SMILES string of the molecule is COc1nc2c(cc1F)C(=O)CC(=O)N2c1c(C)ccnc1C(C)C. The van der Waals surface area contributed by atoms with E-state index in [1.807, 2.05) is 20.8 Å². The quantitative estimate of drug-likeness (QED) is 0.800. The highest BCUT2D eigenvalue weighted by atomic mass is 19.1. The molecule has 1 amide bonds. The number of anilines is 2. The number of aromatic nitrogens is 2. The standard InChI is InChI=1S/C18H18FN3O3/c1-9(2)15-16(10(3)5-6-20-15)22-14(24)8-13(23)11-7-12(19)18(25-4)21-17(11)22/h5-7,9H,8H2,1-4H3. The molecule has 0 atom stereocenters. The molecule has 1 aliphatic rings. The van der Waals surface area contributed by atoms with Crippen molar-refractivity contribution in [2.45, 2.75) is 33.1 Å². The zero-order valence-electron chi connectivity index (χ0n) is 14.5. The van der Waals surface area contributed by atoms with Crippen molar-refractivity contribution in [1.29, 1.82) is 0 Å². The van der Waals surface area contributed by atoms with E-state index in [4.69, 9.17) is 4.74 Å². The maximum atomic E-state index is 14.0. The van der Waals surface area contributed by atoms with Gasteiger partial charge in [0, 0.05) is 6.20 Å². The van der Waals surface area contributed by atoms with Gasteiger partial charge in [-0.2, -0.15) is 4.98 Å². The molecule has 25 heavy (non-hydrogen) atoms. The van der Waals surface area contributed by atoms with Gasteiger partial charge in [-0.25, -0.2) is 4.39 Å². The highest BCUT2D eigenvalue weighted by Gasteiger charge is 2.36. The zero-order chi connectivity index (χ0) is 18.3. The lowest BCUT2D eigenvalue weighted by molar-refractivity contribution is -0.117. The monoisotopic (exact) mass is 343 g/mol. The molecule has 7 heteroatoms. The molecule has 0 spiro atoms. The van der Waals surface area contributed by atoms with Gasteiger partial charge in [-0.05, 0) is 30.5 Å². The van der Waals surface area contributed by atoms with Crippen LogP contribution in [0.1, 0.15) is 47.8 Å². The Hall–Kier alpha value is -2.83. The van der Waals surface area contributed by atoms with Crippen LogP contribution in [-0.2, 0) is 4.79 Å². The number of nitrogens with zero attached hydrogens (tertiary/aromatic N) is 3. The number of fused-ring (bicyclic) bond motifs is 1. The van der Waals surface area contributed by atoms with E-state index in [-0.39, 0.29) is 29.6 Å². The fourth-order valence-corrected chi connectivity index (χ4v) is 2.93. The molecule has 0 aliphatic carbocycles. The minimum atomic E-state index is -0.740. The number of hydrogen-bond donors (Lipinski definition) is 0. The van der Waals surface area contributed by atoms with Gasteiger partial charge < -0.3 is 4.74 Å². The van der Waals surface area contributed by atoms with Gasteiger partial charge in [-0.15, -0.1) is 0 Å². The second kappa shape index (κ2) is 6.23. The molecule has 0 bridgehead atoms. The minimum Gasteiger partial charge on any atom is -0.479 e. The summed E-state index contributed by atoms with van der Waals surface area (Å²) in [6.45, 7) is 5.78. The maximum Gasteiger partial charge on any atom is 0.252 e. The lowest BCUT2D eigenvalue weighted by Crippen LogP contribution is -2.36. The molecule has 0 saturated carbocycles. The Morgan fingerprint density at radius 2 is 2.04 bits per heavy atom. The highest BCUT2D eigenvalue weighted by Crippen LogP contribution is 2.39. The van der Waals surface area contributed by atoms with Crippen LogP contribution in [0.15, 0.2) is 18.3 Å². The summed E-state index contributed by atoms with van der Waals surface area (Å²) in [4.78, 5) is 34.7. The first-order valence-electron chi connectivity index (χ1n) is 7.91. The molecular formula is C18H18FN3O3. The summed E-state index contributed by atoms with van der Waals surface area (Å²) < 4.78 is 18.9. The van der Waals surface area contributed by atoms with Gasteiger partial charge in [0.2, 0.25) is 5.91 Å². The van der Waals surface area contributed by atoms with Crippen molar-refractivity contribution >= 4 is 23.2 Å². The van der Waals surface area contributed by atoms with Crippen LogP contribution in [0.2, 0.25) is 0 Å². The van der Waals surface area contributed by atoms with E-state index in [1.54, 1.807) is 12.3 Å². The number of hydrogen-bond acceptors (Lipinski definition) is 5. The van der Waals surface area contributed by atoms with E-state index in [0.717, 1.165) is 11.6 Å². The average Bonchev–Trinajstić information content (AvgIpc) is 2.56. The summed E-state index contributed by atoms with van der Waals surface area (Å²) in [5.74, 6) is -1.76. The summed E-state index contributed by atoms with van der Waals surface area (Å²) in [5, 5.41) is 0. The number of amides is 1. The third-order valence-electron chi connectivity index (χ3n) is 4.12. The highest BCUT2D eigenvalue weighted by molar-refractivity contribution is 6.21. The van der Waals surface area contributed by atoms with Gasteiger partial charge in [0.1, 0.15) is 0 Å². The summed E-state index contributed by atoms with van der Waals surface area (Å²) in [7, 11) is 1.28. The van der Waals surface area contributed by atoms with Crippen LogP contribution < -0.4 is 9.64 Å². The third kappa shape index (κ3) is 2.75. The predicted octanol–water partition coefficient (Wildman–Crippen LogP) is 3.31. The van der Waals surface area contributed by atoms with Crippen molar-refractivity contribution in [3.63, 3.8) is 0 Å². The summed E-state index contributed by atoms with van der Waals surface area (Å²) in [6.07, 6.45) is 1.33. The van der Waals surface area contributed by atoms with Gasteiger partial charge in [-0.1, -0.05) is 13.8 Å². The first kappa shape index (κ1) is 17.0. The van der Waals surface area contributed by atoms with E-state index in [0.29, 0.717) is 11.4 Å². The lowest BCUT2D eigenvalue weighted by atomic mass is 9.98. The number of Topliss-reactive ketones (excluding diaryl/α,β-unsaturated/α-hetero) is 1. The molecule has 2 aromatic heterocycles. The normalized spacial score (nSPS) is 14.1. The van der Waals surface area contributed by atoms with Gasteiger partial charge in [0.25, 0.3) is 5.88 Å². The van der Waals surface area contributed by atoms with Crippen LogP contribution in [0.25, 0.3) is 0 Å². The largest absolute Gasteiger partial charge is 0.479 e. The van der Waals surface area contributed by atoms with Gasteiger partial charge in [0.05, 0.1) is 30.5 Å². The number of pyridine rings is 2. The molecule has 130 valence electrons. The number of ether oxygens (including phenoxy) is 1. The summed E-state index contributed by atoms with van der Waals surface area (Å²) in [5.41, 5.74) is 2.17. The Morgan fingerprint density at radius 1 is 1.32 bits per heavy atom. The molecule has 6 nitrogen and oxygen atoms in total. The molecule has 3 heterocycles. The Labute approximate surface area is 144 Å². The molecule has 1 aliphatic heterocycles. The van der Waals surface area contributed by atoms with Crippen LogP contribution >= 0.6 is 0 Å². The number of aryl methyl sites for hydroxylation is 1. The Bertz CT molecular complexity index is 880. The number of carbonyl (C=O) groups is 2. The summed E-state index contributed by atoms with van der Waals surface area (Å²) in [6, 6.07) is 2.86. The van der Waals surface area contributed by atoms with Crippen LogP contribution in [0.4, 0.5) is 15.9 Å². The van der Waals surface area contributed by atoms with Crippen LogP contribution in [-0.4, -0.2) is 28.8 Å². The molecule has 2 aromatic rings. The fourth-order valence-electron chi connectivity index (χ4n) is 2.93. The molecule has 0 N–H and O–H groups in total. The molecule has 0 saturated heterocycles. The smallest absolute Gasteiger partial charge is 0.252 e. The number of methoxy groups -OCH3 is 1. The van der Waals surface area contributed by atoms with Gasteiger partial charge in [-0.3, -0.25) is 19.5 Å². The molecule has 3 rings (SSSR count). The molecule has 0 fully saturated rings. The number of carbonyl (C=O) groups excluding carboxylic acids is 2. The fraction of sp³-hybridized carbons (Fsp3) is 0.333. The van der Waals surface area contributed by atoms with E-state index in [2.05, 4.69) is 9.97 Å². The van der Waals surface area contributed by atoms with Crippen molar-refractivity contribution in [3.05, 3.63) is 41.0 Å². The van der Waals surface area contributed by atoms with Crippen LogP contribution in [0.3, 0.4) is 0 Å². The Morgan fingerprint density at radius 3 is 2.68 bits per heavy atom. The summed E-state index contributed by atoms with van der Waals surface area (Å²) >= 11 is 0. The second-order valence-corrected chi connectivity index (χ2v) is 6.20. The lowest BCUT2D eigenvalue weighted by Gasteiger charge is -2.30. The van der Waals surface area contributed by atoms with Crippen molar-refractivity contribution in [1.82, 2.24) is 9.97 Å². The van der Waals surface area contributed by atoms with Crippen LogP contribution in [0.5, 0.6) is 5.88 Å². The second-order valence-electron chi connectivity index (χ2n) is 6.20. The van der Waals surface area contributed by atoms with Crippen molar-refractivity contribution < 1.29 is 18.7 Å².